The zero-order chi connectivity index (χ0) is 12.8. The van der Waals surface area contributed by atoms with Crippen LogP contribution < -0.4 is 9.47 Å². The van der Waals surface area contributed by atoms with Crippen molar-refractivity contribution in [2.75, 3.05) is 13.2 Å². The maximum Gasteiger partial charge on any atom is 0.234 e. The monoisotopic (exact) mass is 274 g/mol. The van der Waals surface area contributed by atoms with Gasteiger partial charge in [-0.1, -0.05) is 11.3 Å². The summed E-state index contributed by atoms with van der Waals surface area (Å²) in [5, 5.41) is 13.4. The largest absolute Gasteiger partial charge is 0.486 e. The van der Waals surface area contributed by atoms with Crippen LogP contribution in [0.2, 0.25) is 0 Å². The van der Waals surface area contributed by atoms with Crippen molar-refractivity contribution in [1.82, 2.24) is 19.8 Å². The van der Waals surface area contributed by atoms with Crippen molar-refractivity contribution in [2.45, 2.75) is 6.92 Å². The zero-order valence-electron chi connectivity index (χ0n) is 10.2. The predicted octanol–water partition coefficient (Wildman–Crippen LogP) is 1.93. The highest BCUT2D eigenvalue weighted by Crippen LogP contribution is 2.35. The van der Waals surface area contributed by atoms with Crippen LogP contribution in [0.15, 0.2) is 18.2 Å². The Hall–Kier alpha value is -2.15. The third-order valence-corrected chi connectivity index (χ3v) is 3.88. The molecule has 96 valence electrons. The Labute approximate surface area is 112 Å². The number of benzene rings is 1. The molecule has 0 amide bonds. The minimum Gasteiger partial charge on any atom is -0.486 e. The van der Waals surface area contributed by atoms with Gasteiger partial charge in [-0.05, 0) is 25.1 Å². The number of aryl methyl sites for hydroxylation is 1. The molecule has 6 nitrogen and oxygen atoms in total. The Morgan fingerprint density at radius 3 is 2.84 bits per heavy atom. The summed E-state index contributed by atoms with van der Waals surface area (Å²) in [5.41, 5.74) is 0.999. The van der Waals surface area contributed by atoms with Gasteiger partial charge in [0.2, 0.25) is 4.96 Å². The van der Waals surface area contributed by atoms with Gasteiger partial charge in [0.05, 0.1) is 0 Å². The summed E-state index contributed by atoms with van der Waals surface area (Å²) in [4.78, 5) is 0.794. The van der Waals surface area contributed by atoms with E-state index in [1.165, 1.54) is 11.3 Å². The van der Waals surface area contributed by atoms with Gasteiger partial charge in [-0.2, -0.15) is 9.61 Å². The maximum absolute atomic E-state index is 5.58. The number of nitrogens with zero attached hydrogens (tertiary/aromatic N) is 4. The molecule has 7 heteroatoms. The van der Waals surface area contributed by atoms with Crippen LogP contribution in [0, 0.1) is 6.92 Å². The molecule has 0 saturated carbocycles. The molecule has 0 aliphatic carbocycles. The Bertz CT molecular complexity index is 764. The molecule has 3 aromatic rings. The van der Waals surface area contributed by atoms with E-state index in [-0.39, 0.29) is 0 Å². The van der Waals surface area contributed by atoms with Gasteiger partial charge in [-0.25, -0.2) is 0 Å². The van der Waals surface area contributed by atoms with Crippen LogP contribution in [0.5, 0.6) is 11.5 Å². The molecule has 2 aromatic heterocycles. The topological polar surface area (TPSA) is 61.5 Å². The molecule has 0 bridgehead atoms. The highest BCUT2D eigenvalue weighted by Gasteiger charge is 2.15. The maximum atomic E-state index is 5.58. The summed E-state index contributed by atoms with van der Waals surface area (Å²) in [7, 11) is 0. The van der Waals surface area contributed by atoms with E-state index >= 15 is 0 Å². The van der Waals surface area contributed by atoms with Crippen LogP contribution in [0.25, 0.3) is 15.5 Å². The van der Waals surface area contributed by atoms with E-state index in [9.17, 15) is 0 Å². The summed E-state index contributed by atoms with van der Waals surface area (Å²) in [6.45, 7) is 3.07. The van der Waals surface area contributed by atoms with Crippen molar-refractivity contribution in [1.29, 1.82) is 0 Å². The van der Waals surface area contributed by atoms with E-state index in [2.05, 4.69) is 15.3 Å². The quantitative estimate of drug-likeness (QED) is 0.678. The molecule has 0 N–H and O–H groups in total. The van der Waals surface area contributed by atoms with Crippen molar-refractivity contribution >= 4 is 16.3 Å². The van der Waals surface area contributed by atoms with Crippen molar-refractivity contribution in [2.24, 2.45) is 0 Å². The highest BCUT2D eigenvalue weighted by atomic mass is 32.1. The molecule has 0 spiro atoms. The molecule has 19 heavy (non-hydrogen) atoms. The molecular weight excluding hydrogens is 264 g/mol. The van der Waals surface area contributed by atoms with Gasteiger partial charge in [0.15, 0.2) is 17.3 Å². The first kappa shape index (κ1) is 10.7. The van der Waals surface area contributed by atoms with E-state index in [4.69, 9.17) is 9.47 Å². The van der Waals surface area contributed by atoms with Gasteiger partial charge in [0, 0.05) is 5.56 Å². The standard InChI is InChI=1S/C12H10N4O2S/c1-7-13-14-12-16(7)15-11(19-12)8-2-3-9-10(6-8)18-5-4-17-9/h2-3,6H,4-5H2,1H3. The summed E-state index contributed by atoms with van der Waals surface area (Å²) < 4.78 is 12.8. The lowest BCUT2D eigenvalue weighted by molar-refractivity contribution is 0.171. The van der Waals surface area contributed by atoms with E-state index in [0.29, 0.717) is 13.2 Å². The summed E-state index contributed by atoms with van der Waals surface area (Å²) in [5.74, 6) is 2.34. The minimum absolute atomic E-state index is 0.584. The lowest BCUT2D eigenvalue weighted by atomic mass is 10.2. The van der Waals surface area contributed by atoms with Crippen molar-refractivity contribution in [3.8, 4) is 22.1 Å². The normalized spacial score (nSPS) is 13.9. The lowest BCUT2D eigenvalue weighted by Gasteiger charge is -2.18. The number of ether oxygens (including phenoxy) is 2. The fourth-order valence-electron chi connectivity index (χ4n) is 2.01. The number of hydrogen-bond acceptors (Lipinski definition) is 6. The van der Waals surface area contributed by atoms with Crippen molar-refractivity contribution in [3.63, 3.8) is 0 Å². The van der Waals surface area contributed by atoms with Crippen LogP contribution in [0.1, 0.15) is 5.82 Å². The van der Waals surface area contributed by atoms with Gasteiger partial charge in [-0.15, -0.1) is 10.2 Å². The summed E-state index contributed by atoms with van der Waals surface area (Å²) in [6.07, 6.45) is 0. The second-order valence-electron chi connectivity index (χ2n) is 4.21. The third-order valence-electron chi connectivity index (χ3n) is 2.94. The number of aromatic nitrogens is 4. The first-order valence-electron chi connectivity index (χ1n) is 5.90. The van der Waals surface area contributed by atoms with Crippen molar-refractivity contribution in [3.05, 3.63) is 24.0 Å². The Morgan fingerprint density at radius 1 is 1.16 bits per heavy atom. The van der Waals surface area contributed by atoms with Gasteiger partial charge >= 0.3 is 0 Å². The van der Waals surface area contributed by atoms with E-state index in [0.717, 1.165) is 32.9 Å². The smallest absolute Gasteiger partial charge is 0.234 e. The Balaban J connectivity index is 1.82. The van der Waals surface area contributed by atoms with Crippen LogP contribution in [-0.2, 0) is 0 Å². The van der Waals surface area contributed by atoms with E-state index < -0.39 is 0 Å². The molecule has 0 atom stereocenters. The number of hydrogen-bond donors (Lipinski definition) is 0. The first-order chi connectivity index (χ1) is 9.31. The Kier molecular flexibility index (Phi) is 2.22. The number of fused-ring (bicyclic) bond motifs is 2. The molecule has 1 aliphatic rings. The zero-order valence-corrected chi connectivity index (χ0v) is 11.0. The molecule has 3 heterocycles. The summed E-state index contributed by atoms with van der Waals surface area (Å²) in [6, 6.07) is 5.85. The second kappa shape index (κ2) is 3.92. The third kappa shape index (κ3) is 1.66. The molecule has 0 radical (unpaired) electrons. The molecule has 0 saturated heterocycles. The van der Waals surface area contributed by atoms with E-state index in [1.807, 2.05) is 25.1 Å². The van der Waals surface area contributed by atoms with Crippen LogP contribution in [0.3, 0.4) is 0 Å². The number of rotatable bonds is 1. The fraction of sp³-hybridized carbons (Fsp3) is 0.250. The SMILES string of the molecule is Cc1nnc2sc(-c3ccc4c(c3)OCCO4)nn12. The fourth-order valence-corrected chi connectivity index (χ4v) is 2.89. The second-order valence-corrected chi connectivity index (χ2v) is 5.16. The van der Waals surface area contributed by atoms with Crippen molar-refractivity contribution < 1.29 is 9.47 Å². The first-order valence-corrected chi connectivity index (χ1v) is 6.72. The molecular formula is C12H10N4O2S. The predicted molar refractivity (Wildman–Crippen MR) is 69.8 cm³/mol. The average molecular weight is 274 g/mol. The minimum atomic E-state index is 0.584. The van der Waals surface area contributed by atoms with Crippen LogP contribution in [-0.4, -0.2) is 33.0 Å². The summed E-state index contributed by atoms with van der Waals surface area (Å²) >= 11 is 1.50. The van der Waals surface area contributed by atoms with E-state index in [1.54, 1.807) is 4.52 Å². The van der Waals surface area contributed by atoms with Gasteiger partial charge < -0.3 is 9.47 Å². The molecule has 0 unspecified atom stereocenters. The Morgan fingerprint density at radius 2 is 2.00 bits per heavy atom. The van der Waals surface area contributed by atoms with Gasteiger partial charge in [0.1, 0.15) is 18.2 Å². The van der Waals surface area contributed by atoms with Crippen LogP contribution >= 0.6 is 11.3 Å². The molecule has 4 rings (SSSR count). The molecule has 0 fully saturated rings. The highest BCUT2D eigenvalue weighted by molar-refractivity contribution is 7.19. The van der Waals surface area contributed by atoms with Gasteiger partial charge in [-0.3, -0.25) is 0 Å². The lowest BCUT2D eigenvalue weighted by Crippen LogP contribution is -2.15. The van der Waals surface area contributed by atoms with Gasteiger partial charge in [0.25, 0.3) is 0 Å². The van der Waals surface area contributed by atoms with Crippen LogP contribution in [0.4, 0.5) is 0 Å². The molecule has 1 aliphatic heterocycles. The average Bonchev–Trinajstić information content (AvgIpc) is 3.01. The molecule has 1 aromatic carbocycles.